The van der Waals surface area contributed by atoms with Crippen LogP contribution in [0.5, 0.6) is 0 Å². The fraction of sp³-hybridized carbons (Fsp3) is 0.727. The number of hydrogen-bond donors (Lipinski definition) is 1. The molecule has 0 aromatic carbocycles. The lowest BCUT2D eigenvalue weighted by Crippen LogP contribution is -2.50. The van der Waals surface area contributed by atoms with Crippen molar-refractivity contribution in [3.63, 3.8) is 0 Å². The molecular weight excluding hydrogens is 264 g/mol. The molecule has 1 amide bonds. The molecule has 2 N–H and O–H groups in total. The van der Waals surface area contributed by atoms with E-state index in [0.717, 1.165) is 12.8 Å². The summed E-state index contributed by atoms with van der Waals surface area (Å²) in [5.41, 5.74) is 5.71. The van der Waals surface area contributed by atoms with Gasteiger partial charge in [0, 0.05) is 24.2 Å². The van der Waals surface area contributed by atoms with E-state index in [4.69, 9.17) is 5.73 Å². The molecule has 110 valence electrons. The van der Waals surface area contributed by atoms with E-state index >= 15 is 0 Å². The Hall–Kier alpha value is -2.03. The van der Waals surface area contributed by atoms with Gasteiger partial charge in [0.1, 0.15) is 6.54 Å². The first-order chi connectivity index (χ1) is 9.51. The lowest BCUT2D eigenvalue weighted by atomic mass is 9.92. The van der Waals surface area contributed by atoms with Gasteiger partial charge in [0.15, 0.2) is 0 Å². The lowest BCUT2D eigenvalue weighted by molar-refractivity contribution is -0.394. The standard InChI is InChI=1S/C11H18N6O3/c1-8-2-3-16(9(4-8)5-12)10(18)6-15-7-13-11(14-15)17(19)20/h7-9H,2-6,12H2,1H3. The Kier molecular flexibility index (Phi) is 4.28. The minimum atomic E-state index is -0.688. The van der Waals surface area contributed by atoms with E-state index < -0.39 is 10.9 Å². The van der Waals surface area contributed by atoms with Crippen LogP contribution in [-0.2, 0) is 11.3 Å². The first-order valence-electron chi connectivity index (χ1n) is 6.54. The quantitative estimate of drug-likeness (QED) is 0.601. The molecule has 9 nitrogen and oxygen atoms in total. The van der Waals surface area contributed by atoms with Crippen molar-refractivity contribution in [1.29, 1.82) is 0 Å². The van der Waals surface area contributed by atoms with Gasteiger partial charge in [-0.1, -0.05) is 11.9 Å². The smallest absolute Gasteiger partial charge is 0.390 e. The number of nitrogens with two attached hydrogens (primary N) is 1. The van der Waals surface area contributed by atoms with Crippen LogP contribution in [0.15, 0.2) is 6.33 Å². The van der Waals surface area contributed by atoms with Gasteiger partial charge in [-0.2, -0.15) is 4.68 Å². The Morgan fingerprint density at radius 3 is 3.00 bits per heavy atom. The Balaban J connectivity index is 2.01. The van der Waals surface area contributed by atoms with Crippen molar-refractivity contribution in [3.8, 4) is 0 Å². The SMILES string of the molecule is CC1CCN(C(=O)Cn2cnc([N+](=O)[O-])n2)C(CN)C1. The third-order valence-corrected chi connectivity index (χ3v) is 3.56. The van der Waals surface area contributed by atoms with E-state index in [-0.39, 0.29) is 18.5 Å². The highest BCUT2D eigenvalue weighted by atomic mass is 16.6. The zero-order chi connectivity index (χ0) is 14.7. The topological polar surface area (TPSA) is 120 Å². The minimum Gasteiger partial charge on any atom is -0.390 e. The van der Waals surface area contributed by atoms with E-state index in [1.807, 2.05) is 0 Å². The summed E-state index contributed by atoms with van der Waals surface area (Å²) in [4.78, 5) is 27.3. The maximum absolute atomic E-state index is 12.2. The number of rotatable bonds is 4. The van der Waals surface area contributed by atoms with Gasteiger partial charge in [-0.15, -0.1) is 0 Å². The fourth-order valence-corrected chi connectivity index (χ4v) is 2.48. The normalized spacial score (nSPS) is 22.8. The van der Waals surface area contributed by atoms with Gasteiger partial charge >= 0.3 is 5.95 Å². The van der Waals surface area contributed by atoms with Crippen LogP contribution in [0.3, 0.4) is 0 Å². The highest BCUT2D eigenvalue weighted by molar-refractivity contribution is 5.76. The molecule has 2 unspecified atom stereocenters. The summed E-state index contributed by atoms with van der Waals surface area (Å²) in [7, 11) is 0. The molecule has 20 heavy (non-hydrogen) atoms. The maximum Gasteiger partial charge on any atom is 0.490 e. The van der Waals surface area contributed by atoms with E-state index in [2.05, 4.69) is 17.0 Å². The van der Waals surface area contributed by atoms with Crippen molar-refractivity contribution in [1.82, 2.24) is 19.7 Å². The van der Waals surface area contributed by atoms with Gasteiger partial charge in [0.25, 0.3) is 0 Å². The highest BCUT2D eigenvalue weighted by Gasteiger charge is 2.29. The number of hydrogen-bond acceptors (Lipinski definition) is 6. The molecule has 1 aliphatic heterocycles. The fourth-order valence-electron chi connectivity index (χ4n) is 2.48. The largest absolute Gasteiger partial charge is 0.490 e. The monoisotopic (exact) mass is 282 g/mol. The molecule has 1 aromatic rings. The zero-order valence-electron chi connectivity index (χ0n) is 11.3. The van der Waals surface area contributed by atoms with Gasteiger partial charge in [0.05, 0.1) is 0 Å². The van der Waals surface area contributed by atoms with Crippen molar-refractivity contribution in [2.45, 2.75) is 32.4 Å². The summed E-state index contributed by atoms with van der Waals surface area (Å²) >= 11 is 0. The van der Waals surface area contributed by atoms with Crippen LogP contribution in [0.4, 0.5) is 5.95 Å². The van der Waals surface area contributed by atoms with Crippen LogP contribution in [-0.4, -0.2) is 49.6 Å². The third kappa shape index (κ3) is 3.10. The Morgan fingerprint density at radius 1 is 1.65 bits per heavy atom. The number of carbonyl (C=O) groups is 1. The van der Waals surface area contributed by atoms with Crippen molar-refractivity contribution in [2.75, 3.05) is 13.1 Å². The van der Waals surface area contributed by atoms with Gasteiger partial charge in [-0.25, -0.2) is 0 Å². The van der Waals surface area contributed by atoms with Crippen LogP contribution < -0.4 is 5.73 Å². The summed E-state index contributed by atoms with van der Waals surface area (Å²) in [6, 6.07) is 0.0322. The van der Waals surface area contributed by atoms with Gasteiger partial charge in [-0.3, -0.25) is 4.79 Å². The first kappa shape index (κ1) is 14.4. The van der Waals surface area contributed by atoms with Crippen molar-refractivity contribution in [3.05, 3.63) is 16.4 Å². The minimum absolute atomic E-state index is 0.0322. The summed E-state index contributed by atoms with van der Waals surface area (Å²) in [5.74, 6) is -0.0763. The van der Waals surface area contributed by atoms with Crippen LogP contribution >= 0.6 is 0 Å². The number of nitrogens with zero attached hydrogens (tertiary/aromatic N) is 5. The Labute approximate surface area is 115 Å². The van der Waals surface area contributed by atoms with Crippen molar-refractivity contribution < 1.29 is 9.72 Å². The van der Waals surface area contributed by atoms with Crippen molar-refractivity contribution >= 4 is 11.9 Å². The van der Waals surface area contributed by atoms with Crippen LogP contribution in [0.1, 0.15) is 19.8 Å². The number of aromatic nitrogens is 3. The second-order valence-electron chi connectivity index (χ2n) is 5.11. The number of nitro groups is 1. The Bertz CT molecular complexity index is 502. The predicted molar refractivity (Wildman–Crippen MR) is 69.6 cm³/mol. The van der Waals surface area contributed by atoms with E-state index in [0.29, 0.717) is 19.0 Å². The third-order valence-electron chi connectivity index (χ3n) is 3.56. The second-order valence-corrected chi connectivity index (χ2v) is 5.11. The van der Waals surface area contributed by atoms with Crippen LogP contribution in [0, 0.1) is 16.0 Å². The summed E-state index contributed by atoms with van der Waals surface area (Å²) in [6.45, 7) is 3.18. The first-order valence-corrected chi connectivity index (χ1v) is 6.54. The molecule has 0 bridgehead atoms. The molecular formula is C11H18N6O3. The number of piperidine rings is 1. The van der Waals surface area contributed by atoms with Gasteiger partial charge in [0.2, 0.25) is 12.2 Å². The average Bonchev–Trinajstić information content (AvgIpc) is 2.87. The molecule has 1 fully saturated rings. The molecule has 1 aromatic heterocycles. The number of carbonyl (C=O) groups excluding carboxylic acids is 1. The van der Waals surface area contributed by atoms with E-state index in [1.165, 1.54) is 11.0 Å². The molecule has 9 heteroatoms. The highest BCUT2D eigenvalue weighted by Crippen LogP contribution is 2.22. The predicted octanol–water partition coefficient (Wildman–Crippen LogP) is -0.228. The molecule has 1 saturated heterocycles. The molecule has 2 rings (SSSR count). The van der Waals surface area contributed by atoms with Gasteiger partial charge < -0.3 is 20.7 Å². The average molecular weight is 282 g/mol. The summed E-state index contributed by atoms with van der Waals surface area (Å²) in [6.07, 6.45) is 3.03. The number of amides is 1. The molecule has 0 saturated carbocycles. The van der Waals surface area contributed by atoms with Crippen LogP contribution in [0.2, 0.25) is 0 Å². The maximum atomic E-state index is 12.2. The zero-order valence-corrected chi connectivity index (χ0v) is 11.3. The number of likely N-dealkylation sites (tertiary alicyclic amines) is 1. The van der Waals surface area contributed by atoms with E-state index in [1.54, 1.807) is 4.90 Å². The summed E-state index contributed by atoms with van der Waals surface area (Å²) < 4.78 is 1.19. The molecule has 0 radical (unpaired) electrons. The lowest BCUT2D eigenvalue weighted by Gasteiger charge is -2.37. The molecule has 0 spiro atoms. The molecule has 2 heterocycles. The second kappa shape index (κ2) is 5.95. The van der Waals surface area contributed by atoms with Crippen LogP contribution in [0.25, 0.3) is 0 Å². The van der Waals surface area contributed by atoms with Crippen molar-refractivity contribution in [2.24, 2.45) is 11.7 Å². The Morgan fingerprint density at radius 2 is 2.40 bits per heavy atom. The summed E-state index contributed by atoms with van der Waals surface area (Å²) in [5, 5.41) is 14.1. The van der Waals surface area contributed by atoms with Gasteiger partial charge in [-0.05, 0) is 23.7 Å². The molecule has 2 atom stereocenters. The molecule has 0 aliphatic carbocycles. The molecule has 1 aliphatic rings. The van der Waals surface area contributed by atoms with E-state index in [9.17, 15) is 14.9 Å².